The molecule has 0 aliphatic heterocycles. The first-order chi connectivity index (χ1) is 8.99. The molecular formula is C14H16ClNO3. The van der Waals surface area contributed by atoms with Crippen LogP contribution in [0.5, 0.6) is 11.5 Å². The van der Waals surface area contributed by atoms with E-state index in [4.69, 9.17) is 21.1 Å². The molecule has 0 fully saturated rings. The molecule has 0 saturated carbocycles. The highest BCUT2D eigenvalue weighted by Crippen LogP contribution is 2.36. The third-order valence-corrected chi connectivity index (χ3v) is 3.43. The predicted octanol–water partition coefficient (Wildman–Crippen LogP) is 3.32. The van der Waals surface area contributed by atoms with E-state index in [0.717, 1.165) is 5.69 Å². The van der Waals surface area contributed by atoms with Crippen LogP contribution in [0.15, 0.2) is 16.9 Å². The minimum absolute atomic E-state index is 0.139. The maximum atomic E-state index is 12.2. The number of nitrogens with one attached hydrogen (secondary N) is 1. The SMILES string of the molecule is COc1cc(OC)c2[nH]c(C(C)C)cc(=O)c2c1Cl. The van der Waals surface area contributed by atoms with Gasteiger partial charge in [-0.1, -0.05) is 25.4 Å². The number of aromatic nitrogens is 1. The Morgan fingerprint density at radius 2 is 1.79 bits per heavy atom. The monoisotopic (exact) mass is 281 g/mol. The lowest BCUT2D eigenvalue weighted by Crippen LogP contribution is -2.08. The molecule has 19 heavy (non-hydrogen) atoms. The van der Waals surface area contributed by atoms with E-state index in [-0.39, 0.29) is 11.3 Å². The molecule has 0 atom stereocenters. The van der Waals surface area contributed by atoms with E-state index in [2.05, 4.69) is 4.98 Å². The van der Waals surface area contributed by atoms with Crippen LogP contribution in [0.25, 0.3) is 10.9 Å². The fourth-order valence-corrected chi connectivity index (χ4v) is 2.30. The number of hydrogen-bond acceptors (Lipinski definition) is 3. The Morgan fingerprint density at radius 3 is 2.32 bits per heavy atom. The molecule has 0 unspecified atom stereocenters. The van der Waals surface area contributed by atoms with Gasteiger partial charge in [0.15, 0.2) is 5.43 Å². The van der Waals surface area contributed by atoms with E-state index >= 15 is 0 Å². The summed E-state index contributed by atoms with van der Waals surface area (Å²) in [5, 5.41) is 0.692. The summed E-state index contributed by atoms with van der Waals surface area (Å²) in [4.78, 5) is 15.5. The topological polar surface area (TPSA) is 51.3 Å². The Balaban J connectivity index is 2.93. The summed E-state index contributed by atoms with van der Waals surface area (Å²) in [7, 11) is 3.05. The fraction of sp³-hybridized carbons (Fsp3) is 0.357. The molecular weight excluding hydrogens is 266 g/mol. The first kappa shape index (κ1) is 13.7. The molecule has 0 saturated heterocycles. The molecule has 0 bridgehead atoms. The van der Waals surface area contributed by atoms with Crippen molar-refractivity contribution >= 4 is 22.5 Å². The second-order valence-electron chi connectivity index (χ2n) is 4.59. The summed E-state index contributed by atoms with van der Waals surface area (Å²) in [5.41, 5.74) is 1.31. The van der Waals surface area contributed by atoms with Crippen LogP contribution in [0.1, 0.15) is 25.5 Å². The quantitative estimate of drug-likeness (QED) is 0.939. The van der Waals surface area contributed by atoms with Gasteiger partial charge in [-0.25, -0.2) is 0 Å². The van der Waals surface area contributed by atoms with Crippen molar-refractivity contribution in [1.29, 1.82) is 0 Å². The summed E-state index contributed by atoms with van der Waals surface area (Å²) in [6, 6.07) is 3.24. The lowest BCUT2D eigenvalue weighted by atomic mass is 10.1. The van der Waals surface area contributed by atoms with Crippen LogP contribution in [0.4, 0.5) is 0 Å². The highest BCUT2D eigenvalue weighted by molar-refractivity contribution is 6.37. The lowest BCUT2D eigenvalue weighted by Gasteiger charge is -2.13. The van der Waals surface area contributed by atoms with Crippen LogP contribution in [-0.2, 0) is 0 Å². The molecule has 1 aromatic carbocycles. The Labute approximate surface area is 116 Å². The number of aromatic amines is 1. The van der Waals surface area contributed by atoms with Crippen LogP contribution in [0.3, 0.4) is 0 Å². The Bertz CT molecular complexity index is 676. The third kappa shape index (κ3) is 2.28. The van der Waals surface area contributed by atoms with Gasteiger partial charge < -0.3 is 14.5 Å². The van der Waals surface area contributed by atoms with Gasteiger partial charge in [0.2, 0.25) is 0 Å². The van der Waals surface area contributed by atoms with Crippen LogP contribution in [0.2, 0.25) is 5.02 Å². The lowest BCUT2D eigenvalue weighted by molar-refractivity contribution is 0.397. The summed E-state index contributed by atoms with van der Waals surface area (Å²) in [6.07, 6.45) is 0. The van der Waals surface area contributed by atoms with Crippen molar-refractivity contribution in [3.05, 3.63) is 33.1 Å². The average Bonchev–Trinajstić information content (AvgIpc) is 2.38. The van der Waals surface area contributed by atoms with Crippen molar-refractivity contribution < 1.29 is 9.47 Å². The molecule has 0 spiro atoms. The van der Waals surface area contributed by atoms with Crippen LogP contribution < -0.4 is 14.9 Å². The normalized spacial score (nSPS) is 11.1. The first-order valence-corrected chi connectivity index (χ1v) is 6.34. The molecule has 1 N–H and O–H groups in total. The number of pyridine rings is 1. The third-order valence-electron chi connectivity index (χ3n) is 3.06. The zero-order chi connectivity index (χ0) is 14.2. The molecule has 1 heterocycles. The van der Waals surface area contributed by atoms with Gasteiger partial charge in [-0.15, -0.1) is 0 Å². The molecule has 0 aliphatic carbocycles. The molecule has 2 aromatic rings. The van der Waals surface area contributed by atoms with Crippen molar-refractivity contribution in [2.75, 3.05) is 14.2 Å². The summed E-state index contributed by atoms with van der Waals surface area (Å²) < 4.78 is 10.5. The highest BCUT2D eigenvalue weighted by Gasteiger charge is 2.16. The van der Waals surface area contributed by atoms with Gasteiger partial charge in [-0.3, -0.25) is 4.79 Å². The Kier molecular flexibility index (Phi) is 3.71. The molecule has 0 amide bonds. The number of benzene rings is 1. The van der Waals surface area contributed by atoms with Gasteiger partial charge in [0.25, 0.3) is 0 Å². The second kappa shape index (κ2) is 5.13. The first-order valence-electron chi connectivity index (χ1n) is 5.97. The maximum absolute atomic E-state index is 12.2. The highest BCUT2D eigenvalue weighted by atomic mass is 35.5. The molecule has 4 nitrogen and oxygen atoms in total. The van der Waals surface area contributed by atoms with E-state index in [9.17, 15) is 4.79 Å². The van der Waals surface area contributed by atoms with E-state index < -0.39 is 0 Å². The maximum Gasteiger partial charge on any atom is 0.191 e. The van der Waals surface area contributed by atoms with Gasteiger partial charge in [0, 0.05) is 17.8 Å². The van der Waals surface area contributed by atoms with E-state index in [1.165, 1.54) is 7.11 Å². The van der Waals surface area contributed by atoms with E-state index in [0.29, 0.717) is 27.4 Å². The molecule has 1 aromatic heterocycles. The zero-order valence-corrected chi connectivity index (χ0v) is 12.1. The summed E-state index contributed by atoms with van der Waals surface area (Å²) >= 11 is 6.21. The van der Waals surface area contributed by atoms with Crippen molar-refractivity contribution in [2.24, 2.45) is 0 Å². The number of H-pyrrole nitrogens is 1. The molecule has 0 aliphatic rings. The predicted molar refractivity (Wildman–Crippen MR) is 76.8 cm³/mol. The van der Waals surface area contributed by atoms with Crippen LogP contribution in [0, 0.1) is 0 Å². The number of ether oxygens (including phenoxy) is 2. The van der Waals surface area contributed by atoms with Gasteiger partial charge in [0.1, 0.15) is 11.5 Å². The number of fused-ring (bicyclic) bond motifs is 1. The smallest absolute Gasteiger partial charge is 0.191 e. The minimum atomic E-state index is -0.139. The second-order valence-corrected chi connectivity index (χ2v) is 4.97. The van der Waals surface area contributed by atoms with Crippen molar-refractivity contribution in [3.63, 3.8) is 0 Å². The zero-order valence-electron chi connectivity index (χ0n) is 11.3. The standard InChI is InChI=1S/C14H16ClNO3/c1-7(2)8-5-9(17)12-13(15)10(18-3)6-11(19-4)14(12)16-8/h5-7H,1-4H3,(H,16,17). The molecule has 102 valence electrons. The summed E-state index contributed by atoms with van der Waals surface area (Å²) in [5.74, 6) is 1.17. The Morgan fingerprint density at radius 1 is 1.16 bits per heavy atom. The summed E-state index contributed by atoms with van der Waals surface area (Å²) in [6.45, 7) is 4.02. The van der Waals surface area contributed by atoms with Crippen LogP contribution in [-0.4, -0.2) is 19.2 Å². The van der Waals surface area contributed by atoms with Gasteiger partial charge in [0.05, 0.1) is 30.1 Å². The number of rotatable bonds is 3. The van der Waals surface area contributed by atoms with Crippen LogP contribution >= 0.6 is 11.6 Å². The average molecular weight is 282 g/mol. The van der Waals surface area contributed by atoms with Gasteiger partial charge in [-0.05, 0) is 5.92 Å². The van der Waals surface area contributed by atoms with E-state index in [1.807, 2.05) is 13.8 Å². The molecule has 0 radical (unpaired) electrons. The van der Waals surface area contributed by atoms with Gasteiger partial charge >= 0.3 is 0 Å². The molecule has 5 heteroatoms. The number of hydrogen-bond donors (Lipinski definition) is 1. The Hall–Kier alpha value is -1.68. The molecule has 2 rings (SSSR count). The van der Waals surface area contributed by atoms with Crippen molar-refractivity contribution in [3.8, 4) is 11.5 Å². The van der Waals surface area contributed by atoms with Crippen molar-refractivity contribution in [1.82, 2.24) is 4.98 Å². The largest absolute Gasteiger partial charge is 0.495 e. The van der Waals surface area contributed by atoms with Gasteiger partial charge in [-0.2, -0.15) is 0 Å². The minimum Gasteiger partial charge on any atom is -0.495 e. The number of halogens is 1. The van der Waals surface area contributed by atoms with E-state index in [1.54, 1.807) is 19.2 Å². The fourth-order valence-electron chi connectivity index (χ4n) is 1.98. The van der Waals surface area contributed by atoms with Crippen molar-refractivity contribution in [2.45, 2.75) is 19.8 Å². The number of methoxy groups -OCH3 is 2.